The third-order valence-electron chi connectivity index (χ3n) is 2.61. The Morgan fingerprint density at radius 3 is 1.52 bits per heavy atom. The number of phosphoric acid groups is 1. The maximum atomic E-state index is 11.6. The van der Waals surface area contributed by atoms with Crippen molar-refractivity contribution in [1.29, 1.82) is 0 Å². The van der Waals surface area contributed by atoms with Crippen molar-refractivity contribution in [3.8, 4) is 0 Å². The zero-order valence-electron chi connectivity index (χ0n) is 13.6. The lowest BCUT2D eigenvalue weighted by Crippen LogP contribution is -2.13. The van der Waals surface area contributed by atoms with Crippen molar-refractivity contribution in [3.05, 3.63) is 0 Å². The summed E-state index contributed by atoms with van der Waals surface area (Å²) < 4.78 is 52.3. The predicted octanol–water partition coefficient (Wildman–Crippen LogP) is 0.871. The van der Waals surface area contributed by atoms with Crippen molar-refractivity contribution in [2.45, 2.75) is 0 Å². The van der Waals surface area contributed by atoms with E-state index in [1.165, 1.54) is 0 Å². The molecule has 0 aliphatic carbocycles. The van der Waals surface area contributed by atoms with Gasteiger partial charge in [0.15, 0.2) is 0 Å². The summed E-state index contributed by atoms with van der Waals surface area (Å²) in [5.74, 6) is 0. The second kappa shape index (κ2) is 14.3. The number of hydrogen-bond acceptors (Lipinski definition) is 9. The summed E-state index contributed by atoms with van der Waals surface area (Å²) in [5, 5.41) is 0. The number of hydrogen-bond donors (Lipinski definition) is 0. The van der Waals surface area contributed by atoms with Gasteiger partial charge in [0.1, 0.15) is 0 Å². The molecule has 1 fully saturated rings. The molecule has 0 aromatic heterocycles. The van der Waals surface area contributed by atoms with E-state index in [0.29, 0.717) is 72.7 Å². The molecule has 0 aromatic rings. The molecule has 0 amide bonds. The van der Waals surface area contributed by atoms with Crippen LogP contribution in [0.25, 0.3) is 0 Å². The quantitative estimate of drug-likeness (QED) is 0.294. The molecule has 1 heterocycles. The van der Waals surface area contributed by atoms with Crippen molar-refractivity contribution in [3.63, 3.8) is 0 Å². The van der Waals surface area contributed by atoms with Crippen LogP contribution in [0, 0.1) is 0 Å². The average molecular weight is 358 g/mol. The van der Waals surface area contributed by atoms with E-state index in [-0.39, 0.29) is 6.61 Å². The number of ether oxygens (including phenoxy) is 5. The summed E-state index contributed by atoms with van der Waals surface area (Å²) in [5.41, 5.74) is 0. The van der Waals surface area contributed by atoms with E-state index in [9.17, 15) is 4.57 Å². The Bertz CT molecular complexity index is 306. The van der Waals surface area contributed by atoms with Gasteiger partial charge in [-0.05, 0) is 0 Å². The van der Waals surface area contributed by atoms with Gasteiger partial charge in [-0.15, -0.1) is 0 Å². The highest BCUT2D eigenvalue weighted by atomic mass is 31.2. The second-order valence-electron chi connectivity index (χ2n) is 4.39. The summed E-state index contributed by atoms with van der Waals surface area (Å²) in [6.07, 6.45) is 0. The molecular weight excluding hydrogens is 331 g/mol. The summed E-state index contributed by atoms with van der Waals surface area (Å²) in [4.78, 5) is 0. The summed E-state index contributed by atoms with van der Waals surface area (Å²) in [7, 11) is -1.67. The molecule has 1 aliphatic rings. The Morgan fingerprint density at radius 2 is 1.09 bits per heavy atom. The van der Waals surface area contributed by atoms with E-state index in [1.54, 1.807) is 7.11 Å². The molecule has 0 saturated carbocycles. The molecule has 0 N–H and O–H groups in total. The lowest BCUT2D eigenvalue weighted by atomic mass is 10.7. The molecule has 0 atom stereocenters. The van der Waals surface area contributed by atoms with Crippen LogP contribution in [0.2, 0.25) is 0 Å². The van der Waals surface area contributed by atoms with Gasteiger partial charge in [0.2, 0.25) is 0 Å². The summed E-state index contributed by atoms with van der Waals surface area (Å²) >= 11 is 0. The van der Waals surface area contributed by atoms with Gasteiger partial charge >= 0.3 is 7.82 Å². The number of rotatable bonds is 16. The van der Waals surface area contributed by atoms with E-state index in [4.69, 9.17) is 37.3 Å². The fourth-order valence-electron chi connectivity index (χ4n) is 1.52. The molecule has 138 valence electrons. The standard InChI is InChI=1S/C13H27O9P/c1-15-2-3-16-4-5-17-6-7-18-8-9-19-10-11-20-23(14)21-12-13-22-23/h2-13H2,1H3. The lowest BCUT2D eigenvalue weighted by Gasteiger charge is -2.10. The highest BCUT2D eigenvalue weighted by molar-refractivity contribution is 7.48. The van der Waals surface area contributed by atoms with Gasteiger partial charge in [0, 0.05) is 7.11 Å². The van der Waals surface area contributed by atoms with Crippen LogP contribution in [0.3, 0.4) is 0 Å². The molecule has 0 unspecified atom stereocenters. The monoisotopic (exact) mass is 358 g/mol. The van der Waals surface area contributed by atoms with Gasteiger partial charge in [0.05, 0.1) is 79.3 Å². The van der Waals surface area contributed by atoms with E-state index < -0.39 is 7.82 Å². The molecular formula is C13H27O9P. The Kier molecular flexibility index (Phi) is 13.0. The van der Waals surface area contributed by atoms with Gasteiger partial charge in [-0.2, -0.15) is 0 Å². The minimum absolute atomic E-state index is 0.156. The van der Waals surface area contributed by atoms with Gasteiger partial charge < -0.3 is 23.7 Å². The summed E-state index contributed by atoms with van der Waals surface area (Å²) in [6, 6.07) is 0. The highest BCUT2D eigenvalue weighted by Crippen LogP contribution is 2.52. The van der Waals surface area contributed by atoms with Crippen molar-refractivity contribution in [1.82, 2.24) is 0 Å². The molecule has 1 saturated heterocycles. The highest BCUT2D eigenvalue weighted by Gasteiger charge is 2.31. The third kappa shape index (κ3) is 12.0. The average Bonchev–Trinajstić information content (AvgIpc) is 2.98. The molecule has 0 bridgehead atoms. The van der Waals surface area contributed by atoms with Crippen LogP contribution in [-0.4, -0.2) is 86.4 Å². The smallest absolute Gasteiger partial charge is 0.382 e. The van der Waals surface area contributed by atoms with E-state index in [0.717, 1.165) is 0 Å². The lowest BCUT2D eigenvalue weighted by molar-refractivity contribution is -0.0105. The van der Waals surface area contributed by atoms with Crippen LogP contribution in [0.4, 0.5) is 0 Å². The Morgan fingerprint density at radius 1 is 0.696 bits per heavy atom. The van der Waals surface area contributed by atoms with Crippen LogP contribution < -0.4 is 0 Å². The first-order valence-electron chi connectivity index (χ1n) is 7.60. The Hall–Kier alpha value is -0.0900. The van der Waals surface area contributed by atoms with Crippen molar-refractivity contribution < 1.29 is 41.8 Å². The fraction of sp³-hybridized carbons (Fsp3) is 1.00. The first kappa shape index (κ1) is 21.0. The molecule has 9 nitrogen and oxygen atoms in total. The minimum atomic E-state index is -3.30. The van der Waals surface area contributed by atoms with Crippen molar-refractivity contribution in [2.24, 2.45) is 0 Å². The molecule has 0 spiro atoms. The van der Waals surface area contributed by atoms with Gasteiger partial charge in [-0.25, -0.2) is 4.57 Å². The van der Waals surface area contributed by atoms with Crippen molar-refractivity contribution in [2.75, 3.05) is 86.4 Å². The molecule has 1 aliphatic heterocycles. The van der Waals surface area contributed by atoms with Crippen LogP contribution in [0.1, 0.15) is 0 Å². The van der Waals surface area contributed by atoms with E-state index in [2.05, 4.69) is 0 Å². The molecule has 23 heavy (non-hydrogen) atoms. The minimum Gasteiger partial charge on any atom is -0.382 e. The summed E-state index contributed by atoms with van der Waals surface area (Å²) in [6.45, 7) is 5.18. The largest absolute Gasteiger partial charge is 0.475 e. The zero-order valence-corrected chi connectivity index (χ0v) is 14.5. The maximum Gasteiger partial charge on any atom is 0.475 e. The first-order valence-corrected chi connectivity index (χ1v) is 9.06. The van der Waals surface area contributed by atoms with Crippen LogP contribution in [-0.2, 0) is 41.8 Å². The molecule has 10 heteroatoms. The van der Waals surface area contributed by atoms with Crippen LogP contribution in [0.5, 0.6) is 0 Å². The molecule has 0 radical (unpaired) electrons. The maximum absolute atomic E-state index is 11.6. The Labute approximate surface area is 137 Å². The SMILES string of the molecule is COCCOCCOCCOCCOCCOP1(=O)OCCO1. The first-order chi connectivity index (χ1) is 11.3. The predicted molar refractivity (Wildman–Crippen MR) is 80.6 cm³/mol. The number of phosphoric ester groups is 1. The molecule has 1 rings (SSSR count). The fourth-order valence-corrected chi connectivity index (χ4v) is 2.64. The van der Waals surface area contributed by atoms with Gasteiger partial charge in [0.25, 0.3) is 0 Å². The van der Waals surface area contributed by atoms with Crippen LogP contribution >= 0.6 is 7.82 Å². The third-order valence-corrected chi connectivity index (χ3v) is 4.10. The zero-order chi connectivity index (χ0) is 16.6. The van der Waals surface area contributed by atoms with E-state index >= 15 is 0 Å². The normalized spacial score (nSPS) is 16.9. The Balaban J connectivity index is 1.71. The topological polar surface area (TPSA) is 90.9 Å². The van der Waals surface area contributed by atoms with Crippen molar-refractivity contribution >= 4 is 7.82 Å². The number of methoxy groups -OCH3 is 1. The van der Waals surface area contributed by atoms with E-state index in [1.807, 2.05) is 0 Å². The second-order valence-corrected chi connectivity index (χ2v) is 6.06. The van der Waals surface area contributed by atoms with Gasteiger partial charge in [-0.3, -0.25) is 13.6 Å². The molecule has 0 aromatic carbocycles. The van der Waals surface area contributed by atoms with Gasteiger partial charge in [-0.1, -0.05) is 0 Å². The van der Waals surface area contributed by atoms with Crippen LogP contribution in [0.15, 0.2) is 0 Å².